The van der Waals surface area contributed by atoms with Gasteiger partial charge in [-0.05, 0) is 97.7 Å². The Kier molecular flexibility index (Phi) is 6.29. The normalized spacial score (nSPS) is 45.3. The smallest absolute Gasteiger partial charge is 0.0608 e. The number of hydrogen-bond donors (Lipinski definition) is 0. The molecule has 166 valence electrons. The fourth-order valence-electron chi connectivity index (χ4n) is 8.85. The van der Waals surface area contributed by atoms with Crippen molar-refractivity contribution in [3.63, 3.8) is 0 Å². The second-order valence-electron chi connectivity index (χ2n) is 12.4. The molecule has 0 aromatic heterocycles. The lowest BCUT2D eigenvalue weighted by molar-refractivity contribution is -0.0601. The van der Waals surface area contributed by atoms with Crippen LogP contribution in [0.4, 0.5) is 0 Å². The first-order valence-corrected chi connectivity index (χ1v) is 13.0. The van der Waals surface area contributed by atoms with Gasteiger partial charge in [0.1, 0.15) is 0 Å². The van der Waals surface area contributed by atoms with Gasteiger partial charge in [-0.25, -0.2) is 0 Å². The van der Waals surface area contributed by atoms with E-state index in [2.05, 4.69) is 40.7 Å². The Morgan fingerprint density at radius 1 is 1.00 bits per heavy atom. The highest BCUT2D eigenvalue weighted by Gasteiger charge is 2.59. The predicted molar refractivity (Wildman–Crippen MR) is 124 cm³/mol. The Labute approximate surface area is 181 Å². The van der Waals surface area contributed by atoms with Gasteiger partial charge in [0, 0.05) is 7.11 Å². The van der Waals surface area contributed by atoms with E-state index in [1.165, 1.54) is 70.6 Å². The summed E-state index contributed by atoms with van der Waals surface area (Å²) >= 11 is 0. The molecule has 0 bridgehead atoms. The van der Waals surface area contributed by atoms with Crippen LogP contribution < -0.4 is 0 Å². The van der Waals surface area contributed by atoms with E-state index < -0.39 is 0 Å². The standard InChI is InChI=1S/C28H48O/c1-19(2)8-7-9-20(3)24-12-13-25-23-11-10-21-18-22(29-6)14-16-27(21,4)26(23)15-17-28(24,25)5/h10,19-20,22-26H,7-9,11-18H2,1-6H3/t20-,22-,23+,24-,25+,26-,27+,28-/m1/s1. The van der Waals surface area contributed by atoms with Gasteiger partial charge in [0.25, 0.3) is 0 Å². The fraction of sp³-hybridized carbons (Fsp3) is 0.929. The average molecular weight is 401 g/mol. The van der Waals surface area contributed by atoms with E-state index >= 15 is 0 Å². The van der Waals surface area contributed by atoms with Gasteiger partial charge in [0.2, 0.25) is 0 Å². The highest BCUT2D eigenvalue weighted by molar-refractivity contribution is 5.25. The molecule has 1 nitrogen and oxygen atoms in total. The molecule has 0 aromatic carbocycles. The summed E-state index contributed by atoms with van der Waals surface area (Å²) in [6, 6.07) is 0. The minimum atomic E-state index is 0.472. The van der Waals surface area contributed by atoms with Crippen LogP contribution in [0.15, 0.2) is 11.6 Å². The molecule has 0 N–H and O–H groups in total. The zero-order valence-electron chi connectivity index (χ0n) is 20.3. The van der Waals surface area contributed by atoms with E-state index in [1.807, 2.05) is 7.11 Å². The van der Waals surface area contributed by atoms with Gasteiger partial charge in [-0.3, -0.25) is 0 Å². The molecule has 0 unspecified atom stereocenters. The summed E-state index contributed by atoms with van der Waals surface area (Å²) in [6.45, 7) is 12.7. The van der Waals surface area contributed by atoms with Crippen LogP contribution >= 0.6 is 0 Å². The van der Waals surface area contributed by atoms with Crippen LogP contribution in [0, 0.1) is 46.3 Å². The number of allylic oxidation sites excluding steroid dienone is 1. The maximum atomic E-state index is 5.75. The van der Waals surface area contributed by atoms with E-state index in [4.69, 9.17) is 4.74 Å². The molecular weight excluding hydrogens is 352 g/mol. The van der Waals surface area contributed by atoms with Crippen molar-refractivity contribution in [1.29, 1.82) is 0 Å². The molecule has 4 aliphatic carbocycles. The summed E-state index contributed by atoms with van der Waals surface area (Å²) in [5.74, 6) is 5.63. The maximum Gasteiger partial charge on any atom is 0.0608 e. The number of ether oxygens (including phenoxy) is 1. The van der Waals surface area contributed by atoms with Gasteiger partial charge < -0.3 is 4.74 Å². The molecule has 0 aromatic rings. The first-order valence-electron chi connectivity index (χ1n) is 13.0. The molecule has 0 spiro atoms. The molecule has 0 saturated heterocycles. The van der Waals surface area contributed by atoms with Crippen LogP contribution in [0.25, 0.3) is 0 Å². The molecule has 29 heavy (non-hydrogen) atoms. The lowest BCUT2D eigenvalue weighted by Crippen LogP contribution is -2.50. The number of rotatable bonds is 6. The molecule has 0 amide bonds. The molecule has 1 heteroatoms. The first kappa shape index (κ1) is 21.9. The van der Waals surface area contributed by atoms with Gasteiger partial charge >= 0.3 is 0 Å². The zero-order valence-corrected chi connectivity index (χ0v) is 20.3. The van der Waals surface area contributed by atoms with Gasteiger partial charge in [-0.2, -0.15) is 0 Å². The maximum absolute atomic E-state index is 5.75. The van der Waals surface area contributed by atoms with Crippen molar-refractivity contribution in [2.45, 2.75) is 111 Å². The number of methoxy groups -OCH3 is 1. The molecule has 0 heterocycles. The topological polar surface area (TPSA) is 9.23 Å². The largest absolute Gasteiger partial charge is 0.381 e. The Balaban J connectivity index is 1.48. The molecule has 3 fully saturated rings. The minimum absolute atomic E-state index is 0.472. The Hall–Kier alpha value is -0.300. The third-order valence-corrected chi connectivity index (χ3v) is 10.6. The molecule has 3 saturated carbocycles. The summed E-state index contributed by atoms with van der Waals surface area (Å²) in [5, 5.41) is 0. The van der Waals surface area contributed by atoms with Gasteiger partial charge in [-0.15, -0.1) is 0 Å². The second-order valence-corrected chi connectivity index (χ2v) is 12.4. The van der Waals surface area contributed by atoms with Crippen LogP contribution in [0.1, 0.15) is 105 Å². The summed E-state index contributed by atoms with van der Waals surface area (Å²) in [4.78, 5) is 0. The third kappa shape index (κ3) is 3.77. The van der Waals surface area contributed by atoms with E-state index in [-0.39, 0.29) is 0 Å². The van der Waals surface area contributed by atoms with Crippen LogP contribution in [0.3, 0.4) is 0 Å². The average Bonchev–Trinajstić information content (AvgIpc) is 3.04. The quantitative estimate of drug-likeness (QED) is 0.410. The van der Waals surface area contributed by atoms with Crippen molar-refractivity contribution in [2.24, 2.45) is 46.3 Å². The van der Waals surface area contributed by atoms with Gasteiger partial charge in [0.05, 0.1) is 6.10 Å². The van der Waals surface area contributed by atoms with Crippen LogP contribution in [0.2, 0.25) is 0 Å². The summed E-state index contributed by atoms with van der Waals surface area (Å²) in [5.41, 5.74) is 2.85. The second kappa shape index (κ2) is 8.33. The summed E-state index contributed by atoms with van der Waals surface area (Å²) in [7, 11) is 1.91. The van der Waals surface area contributed by atoms with E-state index in [0.717, 1.165) is 35.5 Å². The van der Waals surface area contributed by atoms with Crippen molar-refractivity contribution in [3.8, 4) is 0 Å². The van der Waals surface area contributed by atoms with Crippen molar-refractivity contribution in [2.75, 3.05) is 7.11 Å². The number of hydrogen-bond acceptors (Lipinski definition) is 1. The highest BCUT2D eigenvalue weighted by atomic mass is 16.5. The predicted octanol–water partition coefficient (Wildman–Crippen LogP) is 8.04. The zero-order chi connectivity index (χ0) is 20.8. The van der Waals surface area contributed by atoms with Crippen molar-refractivity contribution < 1.29 is 4.74 Å². The van der Waals surface area contributed by atoms with Crippen molar-refractivity contribution in [1.82, 2.24) is 0 Å². The Bertz CT molecular complexity index is 605. The van der Waals surface area contributed by atoms with Gasteiger partial charge in [0.15, 0.2) is 0 Å². The third-order valence-electron chi connectivity index (χ3n) is 10.6. The molecule has 0 radical (unpaired) electrons. The van der Waals surface area contributed by atoms with Crippen LogP contribution in [-0.2, 0) is 4.74 Å². The van der Waals surface area contributed by atoms with E-state index in [0.29, 0.717) is 16.9 Å². The van der Waals surface area contributed by atoms with Crippen LogP contribution in [-0.4, -0.2) is 13.2 Å². The lowest BCUT2D eigenvalue weighted by atomic mass is 9.47. The van der Waals surface area contributed by atoms with Crippen molar-refractivity contribution in [3.05, 3.63) is 11.6 Å². The number of fused-ring (bicyclic) bond motifs is 5. The molecule has 4 rings (SSSR count). The monoisotopic (exact) mass is 400 g/mol. The first-order chi connectivity index (χ1) is 13.8. The van der Waals surface area contributed by atoms with E-state index in [9.17, 15) is 0 Å². The SMILES string of the molecule is CO[C@@H]1CC[C@@]2(C)C(=CC[C@@H]3[C@H]2CC[C@]2(C)[C@@H]([C@H](C)CCCC(C)C)CC[C@@H]32)C1. The Morgan fingerprint density at radius 2 is 1.79 bits per heavy atom. The molecule has 0 aliphatic heterocycles. The molecular formula is C28H48O. The van der Waals surface area contributed by atoms with Crippen molar-refractivity contribution >= 4 is 0 Å². The summed E-state index contributed by atoms with van der Waals surface area (Å²) in [6.07, 6.45) is 18.7. The van der Waals surface area contributed by atoms with Crippen LogP contribution in [0.5, 0.6) is 0 Å². The molecule has 8 atom stereocenters. The Morgan fingerprint density at radius 3 is 2.52 bits per heavy atom. The van der Waals surface area contributed by atoms with E-state index in [1.54, 1.807) is 5.57 Å². The molecule has 4 aliphatic rings. The highest BCUT2D eigenvalue weighted by Crippen LogP contribution is 2.67. The fourth-order valence-corrected chi connectivity index (χ4v) is 8.85. The minimum Gasteiger partial charge on any atom is -0.381 e. The summed E-state index contributed by atoms with van der Waals surface area (Å²) < 4.78 is 5.75. The van der Waals surface area contributed by atoms with Gasteiger partial charge in [-0.1, -0.05) is 65.5 Å². The lowest BCUT2D eigenvalue weighted by Gasteiger charge is -2.58.